The summed E-state index contributed by atoms with van der Waals surface area (Å²) in [4.78, 5) is 11.9. The summed E-state index contributed by atoms with van der Waals surface area (Å²) in [5.74, 6) is -0.531. The molecule has 2 amide bonds. The molecule has 0 bridgehead atoms. The minimum absolute atomic E-state index is 0.0615. The Morgan fingerprint density at radius 1 is 1.12 bits per heavy atom. The Balaban J connectivity index is 1.46. The van der Waals surface area contributed by atoms with Crippen LogP contribution in [0.1, 0.15) is 19.3 Å². The van der Waals surface area contributed by atoms with E-state index in [9.17, 15) is 22.7 Å². The van der Waals surface area contributed by atoms with Gasteiger partial charge in [0.25, 0.3) is 0 Å². The predicted molar refractivity (Wildman–Crippen MR) is 119 cm³/mol. The fourth-order valence-electron chi connectivity index (χ4n) is 3.42. The van der Waals surface area contributed by atoms with Gasteiger partial charge in [-0.25, -0.2) is 22.3 Å². The van der Waals surface area contributed by atoms with Crippen LogP contribution in [-0.2, 0) is 14.8 Å². The second-order valence-electron chi connectivity index (χ2n) is 7.41. The third kappa shape index (κ3) is 6.88. The van der Waals surface area contributed by atoms with Gasteiger partial charge in [0.1, 0.15) is 5.82 Å². The number of benzene rings is 2. The number of aliphatic hydroxyl groups is 1. The Bertz CT molecular complexity index is 1010. The van der Waals surface area contributed by atoms with Gasteiger partial charge >= 0.3 is 6.03 Å². The van der Waals surface area contributed by atoms with Crippen molar-refractivity contribution in [3.05, 3.63) is 59.4 Å². The van der Waals surface area contributed by atoms with Gasteiger partial charge in [-0.1, -0.05) is 11.6 Å². The number of ether oxygens (including phenoxy) is 1. The number of halogens is 2. The highest BCUT2D eigenvalue weighted by Gasteiger charge is 2.33. The number of carbonyl (C=O) groups is 1. The molecule has 3 rings (SSSR count). The number of anilines is 1. The highest BCUT2D eigenvalue weighted by Crippen LogP contribution is 2.23. The van der Waals surface area contributed by atoms with E-state index in [4.69, 9.17) is 16.3 Å². The number of sulfonamides is 1. The lowest BCUT2D eigenvalue weighted by atomic mass is 9.98. The van der Waals surface area contributed by atoms with E-state index in [-0.39, 0.29) is 23.6 Å². The van der Waals surface area contributed by atoms with Crippen LogP contribution in [0.2, 0.25) is 5.02 Å². The van der Waals surface area contributed by atoms with Crippen LogP contribution >= 0.6 is 11.6 Å². The maximum atomic E-state index is 13.1. The van der Waals surface area contributed by atoms with Gasteiger partial charge in [-0.2, -0.15) is 0 Å². The molecule has 0 aliphatic carbocycles. The molecule has 2 aromatic rings. The van der Waals surface area contributed by atoms with Gasteiger partial charge in [0.05, 0.1) is 29.8 Å². The van der Waals surface area contributed by atoms with Crippen LogP contribution in [-0.4, -0.2) is 51.0 Å². The maximum absolute atomic E-state index is 13.1. The van der Waals surface area contributed by atoms with Crippen molar-refractivity contribution in [2.24, 2.45) is 0 Å². The summed E-state index contributed by atoms with van der Waals surface area (Å²) in [6.45, 7) is -0.0220. The summed E-state index contributed by atoms with van der Waals surface area (Å²) in [7, 11) is -3.88. The fraction of sp³-hybridized carbons (Fsp3) is 0.381. The molecule has 8 nitrogen and oxygen atoms in total. The van der Waals surface area contributed by atoms with Crippen LogP contribution in [0.15, 0.2) is 53.4 Å². The first-order valence-electron chi connectivity index (χ1n) is 10.1. The quantitative estimate of drug-likeness (QED) is 0.458. The molecular weight excluding hydrogens is 461 g/mol. The van der Waals surface area contributed by atoms with E-state index >= 15 is 0 Å². The molecule has 32 heavy (non-hydrogen) atoms. The Kier molecular flexibility index (Phi) is 8.44. The van der Waals surface area contributed by atoms with E-state index < -0.39 is 28.0 Å². The summed E-state index contributed by atoms with van der Waals surface area (Å²) in [6, 6.07) is 10.2. The van der Waals surface area contributed by atoms with Gasteiger partial charge in [-0.05, 0) is 67.8 Å². The molecule has 0 saturated carbocycles. The lowest BCUT2D eigenvalue weighted by Crippen LogP contribution is -2.51. The zero-order chi connectivity index (χ0) is 23.1. The highest BCUT2D eigenvalue weighted by molar-refractivity contribution is 7.89. The summed E-state index contributed by atoms with van der Waals surface area (Å²) in [5.41, 5.74) is 0.609. The smallest absolute Gasteiger partial charge is 0.319 e. The van der Waals surface area contributed by atoms with Crippen molar-refractivity contribution < 1.29 is 27.4 Å². The van der Waals surface area contributed by atoms with Gasteiger partial charge in [-0.15, -0.1) is 0 Å². The SMILES string of the molecule is O=C(NCC[C@@H]1CC[C@@H](NS(=O)(=O)c2ccc(F)cc2)[C@@H](CO)O1)Nc1ccc(Cl)cc1. The maximum Gasteiger partial charge on any atom is 0.319 e. The molecule has 1 aliphatic heterocycles. The van der Waals surface area contributed by atoms with Crippen molar-refractivity contribution in [1.82, 2.24) is 10.0 Å². The normalized spacial score (nSPS) is 21.2. The van der Waals surface area contributed by atoms with Gasteiger partial charge in [0.15, 0.2) is 0 Å². The standard InChI is InChI=1S/C21H25ClFN3O5S/c22-14-1-5-16(6-2-14)25-21(28)24-12-11-17-7-10-19(20(13-27)31-17)26-32(29,30)18-8-3-15(23)4-9-18/h1-6,8-9,17,19-20,26-27H,7,10-13H2,(H2,24,25,28)/t17-,19+,20+/m0/s1. The molecule has 0 radical (unpaired) electrons. The lowest BCUT2D eigenvalue weighted by molar-refractivity contribution is -0.0871. The van der Waals surface area contributed by atoms with Gasteiger partial charge < -0.3 is 20.5 Å². The van der Waals surface area contributed by atoms with Crippen molar-refractivity contribution in [2.75, 3.05) is 18.5 Å². The van der Waals surface area contributed by atoms with E-state index in [1.165, 1.54) is 12.1 Å². The summed E-state index contributed by atoms with van der Waals surface area (Å²) < 4.78 is 46.5. The average molecular weight is 486 g/mol. The van der Waals surface area contributed by atoms with E-state index in [0.717, 1.165) is 12.1 Å². The molecule has 1 heterocycles. The molecule has 0 spiro atoms. The zero-order valence-electron chi connectivity index (χ0n) is 17.1. The number of hydrogen-bond donors (Lipinski definition) is 4. The van der Waals surface area contributed by atoms with Crippen LogP contribution in [0.5, 0.6) is 0 Å². The van der Waals surface area contributed by atoms with Crippen LogP contribution in [0.4, 0.5) is 14.9 Å². The minimum atomic E-state index is -3.88. The Hall–Kier alpha value is -2.24. The minimum Gasteiger partial charge on any atom is -0.394 e. The van der Waals surface area contributed by atoms with Crippen molar-refractivity contribution in [1.29, 1.82) is 0 Å². The number of nitrogens with one attached hydrogen (secondary N) is 3. The number of aliphatic hydroxyl groups excluding tert-OH is 1. The number of hydrogen-bond acceptors (Lipinski definition) is 5. The zero-order valence-corrected chi connectivity index (χ0v) is 18.7. The molecule has 1 aliphatic rings. The molecule has 1 saturated heterocycles. The second kappa shape index (κ2) is 11.1. The van der Waals surface area contributed by atoms with E-state index in [0.29, 0.717) is 36.5 Å². The highest BCUT2D eigenvalue weighted by atomic mass is 35.5. The molecular formula is C21H25ClFN3O5S. The second-order valence-corrected chi connectivity index (χ2v) is 9.57. The third-order valence-corrected chi connectivity index (χ3v) is 6.84. The molecule has 0 aromatic heterocycles. The molecule has 3 atom stereocenters. The third-order valence-electron chi connectivity index (χ3n) is 5.08. The van der Waals surface area contributed by atoms with Crippen molar-refractivity contribution in [3.63, 3.8) is 0 Å². The summed E-state index contributed by atoms with van der Waals surface area (Å²) >= 11 is 5.81. The van der Waals surface area contributed by atoms with Crippen LogP contribution in [0.25, 0.3) is 0 Å². The number of rotatable bonds is 8. The Morgan fingerprint density at radius 2 is 1.81 bits per heavy atom. The van der Waals surface area contributed by atoms with E-state index in [1.807, 2.05) is 0 Å². The van der Waals surface area contributed by atoms with Crippen LogP contribution in [0, 0.1) is 5.82 Å². The fourth-order valence-corrected chi connectivity index (χ4v) is 4.84. The summed E-state index contributed by atoms with van der Waals surface area (Å²) in [6.07, 6.45) is 0.532. The predicted octanol–water partition coefficient (Wildman–Crippen LogP) is 2.88. The molecule has 1 fully saturated rings. The van der Waals surface area contributed by atoms with Crippen molar-refractivity contribution in [2.45, 2.75) is 42.4 Å². The molecule has 11 heteroatoms. The summed E-state index contributed by atoms with van der Waals surface area (Å²) in [5, 5.41) is 15.7. The lowest BCUT2D eigenvalue weighted by Gasteiger charge is -2.36. The number of amides is 2. The average Bonchev–Trinajstić information content (AvgIpc) is 2.76. The molecule has 174 valence electrons. The first-order chi connectivity index (χ1) is 15.3. The monoisotopic (exact) mass is 485 g/mol. The topological polar surface area (TPSA) is 117 Å². The van der Waals surface area contributed by atoms with Gasteiger partial charge in [0, 0.05) is 17.3 Å². The first-order valence-corrected chi connectivity index (χ1v) is 12.0. The van der Waals surface area contributed by atoms with Crippen LogP contribution in [0.3, 0.4) is 0 Å². The molecule has 2 aromatic carbocycles. The Morgan fingerprint density at radius 3 is 2.47 bits per heavy atom. The van der Waals surface area contributed by atoms with Crippen molar-refractivity contribution >= 4 is 33.3 Å². The number of urea groups is 1. The first kappa shape index (κ1) is 24.4. The van der Waals surface area contributed by atoms with Crippen molar-refractivity contribution in [3.8, 4) is 0 Å². The van der Waals surface area contributed by atoms with Gasteiger partial charge in [-0.3, -0.25) is 0 Å². The Labute approximate surface area is 191 Å². The van der Waals surface area contributed by atoms with E-state index in [2.05, 4.69) is 15.4 Å². The largest absolute Gasteiger partial charge is 0.394 e. The van der Waals surface area contributed by atoms with Crippen LogP contribution < -0.4 is 15.4 Å². The van der Waals surface area contributed by atoms with Gasteiger partial charge in [0.2, 0.25) is 10.0 Å². The molecule has 4 N–H and O–H groups in total. The number of carbonyl (C=O) groups excluding carboxylic acids is 1. The van der Waals surface area contributed by atoms with E-state index in [1.54, 1.807) is 24.3 Å². The molecule has 0 unspecified atom stereocenters.